The van der Waals surface area contributed by atoms with Crippen LogP contribution >= 0.6 is 11.6 Å². The zero-order valence-corrected chi connectivity index (χ0v) is 20.2. The van der Waals surface area contributed by atoms with Gasteiger partial charge in [0.05, 0.1) is 10.6 Å². The van der Waals surface area contributed by atoms with Gasteiger partial charge in [-0.1, -0.05) is 11.6 Å². The van der Waals surface area contributed by atoms with E-state index in [9.17, 15) is 9.59 Å². The van der Waals surface area contributed by atoms with E-state index < -0.39 is 5.97 Å². The molecule has 0 aromatic heterocycles. The smallest absolute Gasteiger partial charge is 0.308 e. The lowest BCUT2D eigenvalue weighted by Gasteiger charge is -2.56. The molecule has 4 N–H and O–H groups in total. The molecule has 0 aliphatic heterocycles. The van der Waals surface area contributed by atoms with Gasteiger partial charge in [-0.05, 0) is 80.7 Å². The number of ether oxygens (including phenoxy) is 1. The molecule has 0 heterocycles. The molecule has 0 spiro atoms. The quantitative estimate of drug-likeness (QED) is 0.221. The van der Waals surface area contributed by atoms with Gasteiger partial charge in [0.2, 0.25) is 0 Å². The lowest BCUT2D eigenvalue weighted by atomic mass is 9.49. The number of hydrogen-bond acceptors (Lipinski definition) is 6. The molecule has 4 fully saturated rings. The van der Waals surface area contributed by atoms with Crippen LogP contribution in [0.15, 0.2) is 12.1 Å². The number of amides is 1. The van der Waals surface area contributed by atoms with Crippen molar-refractivity contribution in [2.45, 2.75) is 51.9 Å². The highest BCUT2D eigenvalue weighted by atomic mass is 35.5. The van der Waals surface area contributed by atoms with Gasteiger partial charge in [-0.2, -0.15) is 0 Å². The number of aliphatic hydroxyl groups is 1. The highest BCUT2D eigenvalue weighted by molar-refractivity contribution is 6.35. The predicted molar refractivity (Wildman–Crippen MR) is 129 cm³/mol. The maximum atomic E-state index is 13.2. The number of carbonyl (C=O) groups excluding carboxylic acids is 2. The maximum Gasteiger partial charge on any atom is 0.308 e. The minimum absolute atomic E-state index is 0.153. The minimum Gasteiger partial charge on any atom is -0.425 e. The Kier molecular flexibility index (Phi) is 7.82. The summed E-state index contributed by atoms with van der Waals surface area (Å²) >= 11 is 6.49. The second-order valence-corrected chi connectivity index (χ2v) is 10.7. The Bertz CT molecular complexity index is 840. The summed E-state index contributed by atoms with van der Waals surface area (Å²) in [6, 6.07) is 3.37. The molecule has 4 aliphatic carbocycles. The van der Waals surface area contributed by atoms with Crippen molar-refractivity contribution in [2.24, 2.45) is 23.2 Å². The van der Waals surface area contributed by atoms with Crippen molar-refractivity contribution in [1.82, 2.24) is 10.6 Å². The molecule has 1 amide bonds. The molecule has 4 bridgehead atoms. The molecule has 4 aliphatic rings. The molecular formula is C25H36ClN3O4. The van der Waals surface area contributed by atoms with E-state index in [4.69, 9.17) is 21.4 Å². The number of rotatable bonds is 11. The van der Waals surface area contributed by atoms with E-state index in [1.165, 1.54) is 45.4 Å². The molecule has 1 aromatic carbocycles. The van der Waals surface area contributed by atoms with E-state index in [1.54, 1.807) is 12.1 Å². The Morgan fingerprint density at radius 2 is 1.76 bits per heavy atom. The van der Waals surface area contributed by atoms with E-state index in [-0.39, 0.29) is 28.7 Å². The average molecular weight is 478 g/mol. The second-order valence-electron chi connectivity index (χ2n) is 10.3. The van der Waals surface area contributed by atoms with Crippen molar-refractivity contribution in [1.29, 1.82) is 0 Å². The standard InChI is InChI=1S/C25H36ClN3O4/c1-16(31)33-22-11-20(28-5-4-27-3-2-6-30)10-21(23(22)26)24(32)29-15-25-12-17-7-18(13-25)9-19(8-17)14-25/h10-11,17-19,27-28,30H,2-9,12-15H2,1H3,(H,29,32). The van der Waals surface area contributed by atoms with Crippen LogP contribution in [0.2, 0.25) is 5.02 Å². The largest absolute Gasteiger partial charge is 0.425 e. The molecule has 0 unspecified atom stereocenters. The van der Waals surface area contributed by atoms with E-state index in [0.717, 1.165) is 24.3 Å². The van der Waals surface area contributed by atoms with Gasteiger partial charge in [-0.25, -0.2) is 0 Å². The Labute approximate surface area is 201 Å². The van der Waals surface area contributed by atoms with Crippen molar-refractivity contribution in [3.63, 3.8) is 0 Å². The minimum atomic E-state index is -0.486. The molecule has 1 aromatic rings. The Morgan fingerprint density at radius 3 is 2.36 bits per heavy atom. The topological polar surface area (TPSA) is 99.7 Å². The SMILES string of the molecule is CC(=O)Oc1cc(NCCNCCCO)cc(C(=O)NCC23CC4CC(CC(C4)C2)C3)c1Cl. The monoisotopic (exact) mass is 477 g/mol. The zero-order valence-electron chi connectivity index (χ0n) is 19.4. The molecular weight excluding hydrogens is 442 g/mol. The summed E-state index contributed by atoms with van der Waals surface area (Å²) in [7, 11) is 0. The van der Waals surface area contributed by atoms with Crippen LogP contribution in [0, 0.1) is 23.2 Å². The first-order chi connectivity index (χ1) is 15.9. The van der Waals surface area contributed by atoms with E-state index in [2.05, 4.69) is 16.0 Å². The fourth-order valence-corrected chi connectivity index (χ4v) is 6.82. The van der Waals surface area contributed by atoms with Crippen molar-refractivity contribution >= 4 is 29.2 Å². The molecule has 5 rings (SSSR count). The Balaban J connectivity index is 1.42. The third-order valence-electron chi connectivity index (χ3n) is 7.47. The van der Waals surface area contributed by atoms with Gasteiger partial charge < -0.3 is 25.8 Å². The van der Waals surface area contributed by atoms with Gasteiger partial charge in [0, 0.05) is 44.9 Å². The van der Waals surface area contributed by atoms with Crippen LogP contribution in [0.25, 0.3) is 0 Å². The van der Waals surface area contributed by atoms with Gasteiger partial charge >= 0.3 is 5.97 Å². The first-order valence-corrected chi connectivity index (χ1v) is 12.6. The number of nitrogens with one attached hydrogen (secondary N) is 3. The second kappa shape index (κ2) is 10.6. The Morgan fingerprint density at radius 1 is 1.09 bits per heavy atom. The summed E-state index contributed by atoms with van der Waals surface area (Å²) in [4.78, 5) is 24.8. The molecule has 0 radical (unpaired) electrons. The van der Waals surface area contributed by atoms with E-state index >= 15 is 0 Å². The average Bonchev–Trinajstić information content (AvgIpc) is 2.75. The zero-order chi connectivity index (χ0) is 23.4. The Hall–Kier alpha value is -1.83. The summed E-state index contributed by atoms with van der Waals surface area (Å²) in [5.41, 5.74) is 1.21. The van der Waals surface area contributed by atoms with Crippen LogP contribution in [-0.4, -0.2) is 49.8 Å². The van der Waals surface area contributed by atoms with E-state index in [0.29, 0.717) is 37.3 Å². The van der Waals surface area contributed by atoms with Crippen LogP contribution in [0.1, 0.15) is 62.2 Å². The molecule has 0 saturated heterocycles. The third kappa shape index (κ3) is 6.00. The number of hydrogen-bond donors (Lipinski definition) is 4. The number of esters is 1. The van der Waals surface area contributed by atoms with Crippen LogP contribution < -0.4 is 20.7 Å². The van der Waals surface area contributed by atoms with Gasteiger partial charge in [0.1, 0.15) is 0 Å². The van der Waals surface area contributed by atoms with Crippen LogP contribution in [0.4, 0.5) is 5.69 Å². The molecule has 7 nitrogen and oxygen atoms in total. The van der Waals surface area contributed by atoms with Crippen molar-refractivity contribution in [2.75, 3.05) is 38.1 Å². The number of anilines is 1. The third-order valence-corrected chi connectivity index (χ3v) is 7.86. The molecule has 8 heteroatoms. The van der Waals surface area contributed by atoms with Crippen molar-refractivity contribution in [3.05, 3.63) is 22.7 Å². The lowest BCUT2D eigenvalue weighted by molar-refractivity contribution is -0.131. The molecule has 0 atom stereocenters. The van der Waals surface area contributed by atoms with Gasteiger partial charge in [0.25, 0.3) is 5.91 Å². The van der Waals surface area contributed by atoms with Crippen molar-refractivity contribution < 1.29 is 19.4 Å². The maximum absolute atomic E-state index is 13.2. The highest BCUT2D eigenvalue weighted by Gasteiger charge is 2.50. The fourth-order valence-electron chi connectivity index (χ4n) is 6.59. The molecule has 182 valence electrons. The van der Waals surface area contributed by atoms with Gasteiger partial charge in [-0.3, -0.25) is 9.59 Å². The predicted octanol–water partition coefficient (Wildman–Crippen LogP) is 3.60. The summed E-state index contributed by atoms with van der Waals surface area (Å²) < 4.78 is 5.28. The summed E-state index contributed by atoms with van der Waals surface area (Å²) in [6.45, 7) is 4.19. The van der Waals surface area contributed by atoms with Gasteiger partial charge in [0.15, 0.2) is 5.75 Å². The summed E-state index contributed by atoms with van der Waals surface area (Å²) in [6.07, 6.45) is 8.46. The fraction of sp³-hybridized carbons (Fsp3) is 0.680. The summed E-state index contributed by atoms with van der Waals surface area (Å²) in [5, 5.41) is 18.6. The number of benzene rings is 1. The summed E-state index contributed by atoms with van der Waals surface area (Å²) in [5.74, 6) is 1.94. The number of aliphatic hydroxyl groups excluding tert-OH is 1. The normalized spacial score (nSPS) is 27.4. The first-order valence-electron chi connectivity index (χ1n) is 12.2. The molecule has 33 heavy (non-hydrogen) atoms. The van der Waals surface area contributed by atoms with E-state index in [1.807, 2.05) is 0 Å². The van der Waals surface area contributed by atoms with Crippen molar-refractivity contribution in [3.8, 4) is 5.75 Å². The number of halogens is 1. The lowest BCUT2D eigenvalue weighted by Crippen LogP contribution is -2.51. The van der Waals surface area contributed by atoms with Crippen LogP contribution in [-0.2, 0) is 4.79 Å². The van der Waals surface area contributed by atoms with Gasteiger partial charge in [-0.15, -0.1) is 0 Å². The molecule has 4 saturated carbocycles. The first kappa shape index (κ1) is 24.3. The van der Waals surface area contributed by atoms with Crippen LogP contribution in [0.5, 0.6) is 5.75 Å². The number of carbonyl (C=O) groups is 2. The van der Waals surface area contributed by atoms with Crippen LogP contribution in [0.3, 0.4) is 0 Å². The highest BCUT2D eigenvalue weighted by Crippen LogP contribution is 2.59.